The second kappa shape index (κ2) is 8.18. The minimum Gasteiger partial charge on any atom is -0.491 e. The van der Waals surface area contributed by atoms with Gasteiger partial charge in [0.1, 0.15) is 5.75 Å². The lowest BCUT2D eigenvalue weighted by molar-refractivity contribution is 0.325. The fourth-order valence-corrected chi connectivity index (χ4v) is 2.04. The second-order valence-electron chi connectivity index (χ2n) is 4.59. The highest BCUT2D eigenvalue weighted by molar-refractivity contribution is 9.10. The molecule has 0 unspecified atom stereocenters. The SMILES string of the molecule is C#CCCOc1ccc(CNCC(C)C)cc1Br. The Morgan fingerprint density at radius 3 is 2.83 bits per heavy atom. The summed E-state index contributed by atoms with van der Waals surface area (Å²) < 4.78 is 6.54. The average molecular weight is 310 g/mol. The van der Waals surface area contributed by atoms with Crippen molar-refractivity contribution in [2.75, 3.05) is 13.2 Å². The van der Waals surface area contributed by atoms with Crippen molar-refractivity contribution < 1.29 is 4.74 Å². The van der Waals surface area contributed by atoms with Crippen molar-refractivity contribution in [3.05, 3.63) is 28.2 Å². The van der Waals surface area contributed by atoms with Crippen LogP contribution in [0.3, 0.4) is 0 Å². The van der Waals surface area contributed by atoms with Crippen LogP contribution >= 0.6 is 15.9 Å². The molecule has 0 atom stereocenters. The number of halogens is 1. The van der Waals surface area contributed by atoms with Crippen molar-refractivity contribution >= 4 is 15.9 Å². The Morgan fingerprint density at radius 2 is 2.22 bits per heavy atom. The molecule has 1 N–H and O–H groups in total. The van der Waals surface area contributed by atoms with E-state index in [9.17, 15) is 0 Å². The summed E-state index contributed by atoms with van der Waals surface area (Å²) in [6, 6.07) is 6.13. The van der Waals surface area contributed by atoms with Gasteiger partial charge in [-0.3, -0.25) is 0 Å². The zero-order valence-corrected chi connectivity index (χ0v) is 12.6. The van der Waals surface area contributed by atoms with E-state index in [1.54, 1.807) is 0 Å². The molecule has 1 rings (SSSR count). The third-order valence-corrected chi connectivity index (χ3v) is 3.00. The van der Waals surface area contributed by atoms with Gasteiger partial charge in [-0.2, -0.15) is 0 Å². The number of hydrogen-bond acceptors (Lipinski definition) is 2. The Hall–Kier alpha value is -0.980. The molecule has 0 aliphatic rings. The molecule has 1 aromatic rings. The second-order valence-corrected chi connectivity index (χ2v) is 5.45. The van der Waals surface area contributed by atoms with Gasteiger partial charge in [-0.25, -0.2) is 0 Å². The molecule has 98 valence electrons. The molecule has 0 amide bonds. The van der Waals surface area contributed by atoms with Crippen molar-refractivity contribution in [1.82, 2.24) is 5.32 Å². The fraction of sp³-hybridized carbons (Fsp3) is 0.467. The molecule has 0 aliphatic carbocycles. The van der Waals surface area contributed by atoms with E-state index in [1.807, 2.05) is 6.07 Å². The van der Waals surface area contributed by atoms with E-state index in [-0.39, 0.29) is 0 Å². The zero-order valence-electron chi connectivity index (χ0n) is 11.0. The largest absolute Gasteiger partial charge is 0.491 e. The van der Waals surface area contributed by atoms with Gasteiger partial charge in [0.15, 0.2) is 0 Å². The molecule has 0 aliphatic heterocycles. The molecule has 0 bridgehead atoms. The fourth-order valence-electron chi connectivity index (χ4n) is 1.50. The predicted molar refractivity (Wildman–Crippen MR) is 79.6 cm³/mol. The number of ether oxygens (including phenoxy) is 1. The van der Waals surface area contributed by atoms with Crippen LogP contribution in [0.2, 0.25) is 0 Å². The van der Waals surface area contributed by atoms with E-state index in [0.717, 1.165) is 23.3 Å². The normalized spacial score (nSPS) is 10.4. The number of nitrogens with one attached hydrogen (secondary N) is 1. The monoisotopic (exact) mass is 309 g/mol. The van der Waals surface area contributed by atoms with Gasteiger partial charge >= 0.3 is 0 Å². The van der Waals surface area contributed by atoms with E-state index in [2.05, 4.69) is 53.1 Å². The van der Waals surface area contributed by atoms with Crippen LogP contribution in [0.5, 0.6) is 5.75 Å². The van der Waals surface area contributed by atoms with Gasteiger partial charge in [0, 0.05) is 13.0 Å². The smallest absolute Gasteiger partial charge is 0.133 e. The number of terminal acetylenes is 1. The molecular formula is C15H20BrNO. The summed E-state index contributed by atoms with van der Waals surface area (Å²) in [5, 5.41) is 3.41. The number of benzene rings is 1. The van der Waals surface area contributed by atoms with Crippen LogP contribution in [-0.2, 0) is 6.54 Å². The van der Waals surface area contributed by atoms with Crippen LogP contribution < -0.4 is 10.1 Å². The van der Waals surface area contributed by atoms with Gasteiger partial charge in [0.2, 0.25) is 0 Å². The van der Waals surface area contributed by atoms with Crippen LogP contribution in [0.25, 0.3) is 0 Å². The van der Waals surface area contributed by atoms with Crippen molar-refractivity contribution in [2.45, 2.75) is 26.8 Å². The Morgan fingerprint density at radius 1 is 1.44 bits per heavy atom. The van der Waals surface area contributed by atoms with Crippen molar-refractivity contribution in [1.29, 1.82) is 0 Å². The van der Waals surface area contributed by atoms with E-state index in [0.29, 0.717) is 18.9 Å². The first kappa shape index (κ1) is 15.1. The molecule has 0 saturated heterocycles. The maximum atomic E-state index is 5.57. The Kier molecular flexibility index (Phi) is 6.85. The molecule has 0 heterocycles. The van der Waals surface area contributed by atoms with E-state index < -0.39 is 0 Å². The highest BCUT2D eigenvalue weighted by Gasteiger charge is 2.02. The molecule has 0 spiro atoms. The Labute approximate surface area is 118 Å². The molecule has 0 saturated carbocycles. The van der Waals surface area contributed by atoms with E-state index in [1.165, 1.54) is 5.56 Å². The lowest BCUT2D eigenvalue weighted by Crippen LogP contribution is -2.18. The molecule has 0 aromatic heterocycles. The summed E-state index contributed by atoms with van der Waals surface area (Å²) in [6.45, 7) is 6.86. The maximum absolute atomic E-state index is 5.57. The first-order chi connectivity index (χ1) is 8.63. The van der Waals surface area contributed by atoms with E-state index >= 15 is 0 Å². The van der Waals surface area contributed by atoms with Gasteiger partial charge in [0.25, 0.3) is 0 Å². The van der Waals surface area contributed by atoms with Crippen LogP contribution in [0.1, 0.15) is 25.8 Å². The molecular weight excluding hydrogens is 290 g/mol. The van der Waals surface area contributed by atoms with Gasteiger partial charge in [-0.05, 0) is 46.1 Å². The third kappa shape index (κ3) is 5.57. The zero-order chi connectivity index (χ0) is 13.4. The maximum Gasteiger partial charge on any atom is 0.133 e. The van der Waals surface area contributed by atoms with Crippen molar-refractivity contribution in [3.8, 4) is 18.1 Å². The quantitative estimate of drug-likeness (QED) is 0.614. The van der Waals surface area contributed by atoms with E-state index in [4.69, 9.17) is 11.2 Å². The van der Waals surface area contributed by atoms with Gasteiger partial charge in [-0.1, -0.05) is 19.9 Å². The summed E-state index contributed by atoms with van der Waals surface area (Å²) in [7, 11) is 0. The summed E-state index contributed by atoms with van der Waals surface area (Å²) in [4.78, 5) is 0. The highest BCUT2D eigenvalue weighted by atomic mass is 79.9. The topological polar surface area (TPSA) is 21.3 Å². The average Bonchev–Trinajstić information content (AvgIpc) is 2.31. The van der Waals surface area contributed by atoms with Crippen LogP contribution in [0, 0.1) is 18.3 Å². The highest BCUT2D eigenvalue weighted by Crippen LogP contribution is 2.26. The molecule has 0 fully saturated rings. The minimum absolute atomic E-state index is 0.556. The van der Waals surface area contributed by atoms with Crippen molar-refractivity contribution in [3.63, 3.8) is 0 Å². The molecule has 3 heteroatoms. The van der Waals surface area contributed by atoms with Crippen LogP contribution in [-0.4, -0.2) is 13.2 Å². The minimum atomic E-state index is 0.556. The van der Waals surface area contributed by atoms with Gasteiger partial charge in [-0.15, -0.1) is 12.3 Å². The molecule has 18 heavy (non-hydrogen) atoms. The Balaban J connectivity index is 2.48. The first-order valence-electron chi connectivity index (χ1n) is 6.19. The summed E-state index contributed by atoms with van der Waals surface area (Å²) in [5.41, 5.74) is 1.24. The summed E-state index contributed by atoms with van der Waals surface area (Å²) in [5.74, 6) is 4.07. The predicted octanol–water partition coefficient (Wildman–Crippen LogP) is 3.60. The lowest BCUT2D eigenvalue weighted by Gasteiger charge is -2.10. The van der Waals surface area contributed by atoms with Crippen molar-refractivity contribution in [2.24, 2.45) is 5.92 Å². The molecule has 0 radical (unpaired) electrons. The molecule has 2 nitrogen and oxygen atoms in total. The number of hydrogen-bond donors (Lipinski definition) is 1. The van der Waals surface area contributed by atoms with Crippen LogP contribution in [0.15, 0.2) is 22.7 Å². The number of rotatable bonds is 7. The Bertz CT molecular complexity index is 409. The lowest BCUT2D eigenvalue weighted by atomic mass is 10.2. The third-order valence-electron chi connectivity index (χ3n) is 2.38. The standard InChI is InChI=1S/C15H20BrNO/c1-4-5-8-18-15-7-6-13(9-14(15)16)11-17-10-12(2)3/h1,6-7,9,12,17H,5,8,10-11H2,2-3H3. The summed E-state index contributed by atoms with van der Waals surface area (Å²) >= 11 is 3.52. The molecule has 1 aromatic carbocycles. The first-order valence-corrected chi connectivity index (χ1v) is 6.98. The summed E-state index contributed by atoms with van der Waals surface area (Å²) in [6.07, 6.45) is 5.81. The van der Waals surface area contributed by atoms with Crippen LogP contribution in [0.4, 0.5) is 0 Å². The van der Waals surface area contributed by atoms with Gasteiger partial charge < -0.3 is 10.1 Å². The van der Waals surface area contributed by atoms with Gasteiger partial charge in [0.05, 0.1) is 11.1 Å².